The summed E-state index contributed by atoms with van der Waals surface area (Å²) in [6.07, 6.45) is 7.43. The minimum atomic E-state index is -4.14. The molecule has 0 unspecified atom stereocenters. The van der Waals surface area contributed by atoms with Crippen LogP contribution in [0.15, 0.2) is 42.5 Å². The van der Waals surface area contributed by atoms with Gasteiger partial charge in [-0.25, -0.2) is 4.79 Å². The highest BCUT2D eigenvalue weighted by Crippen LogP contribution is 2.76. The molecule has 254 valence electrons. The maximum Gasteiger partial charge on any atom is 0.390 e. The van der Waals surface area contributed by atoms with Crippen LogP contribution in [0.4, 0.5) is 13.2 Å². The summed E-state index contributed by atoms with van der Waals surface area (Å²) in [5.41, 5.74) is 4.62. The van der Waals surface area contributed by atoms with Crippen LogP contribution in [0.2, 0.25) is 0 Å². The molecule has 5 aliphatic carbocycles. The zero-order valence-electron chi connectivity index (χ0n) is 29.2. The van der Waals surface area contributed by atoms with Crippen molar-refractivity contribution in [3.63, 3.8) is 0 Å². The minimum absolute atomic E-state index is 0.0144. The first-order valence-corrected chi connectivity index (χ1v) is 17.8. The van der Waals surface area contributed by atoms with Crippen LogP contribution in [-0.2, 0) is 4.74 Å². The first-order chi connectivity index (χ1) is 21.4. The molecule has 4 fully saturated rings. The van der Waals surface area contributed by atoms with Gasteiger partial charge in [0.25, 0.3) is 0 Å². The lowest BCUT2D eigenvalue weighted by Crippen LogP contribution is -2.68. The summed E-state index contributed by atoms with van der Waals surface area (Å²) >= 11 is 0. The van der Waals surface area contributed by atoms with Gasteiger partial charge in [-0.3, -0.25) is 0 Å². The van der Waals surface area contributed by atoms with E-state index in [0.29, 0.717) is 35.2 Å². The molecule has 1 aromatic carbocycles. The Morgan fingerprint density at radius 2 is 1.63 bits per heavy atom. The number of hydrogen-bond donors (Lipinski definition) is 1. The molecule has 46 heavy (non-hydrogen) atoms. The van der Waals surface area contributed by atoms with E-state index in [1.807, 2.05) is 12.1 Å². The van der Waals surface area contributed by atoms with Gasteiger partial charge in [0.2, 0.25) is 0 Å². The predicted molar refractivity (Wildman–Crippen MR) is 179 cm³/mol. The van der Waals surface area contributed by atoms with Crippen LogP contribution in [0.25, 0.3) is 5.57 Å². The van der Waals surface area contributed by atoms with Gasteiger partial charge in [-0.15, -0.1) is 0 Å². The molecule has 0 bridgehead atoms. The second kappa shape index (κ2) is 11.2. The molecule has 1 N–H and O–H groups in total. The van der Waals surface area contributed by atoms with Crippen molar-refractivity contribution in [3.05, 3.63) is 53.6 Å². The maximum absolute atomic E-state index is 13.3. The number of nitrogens with one attached hydrogen (secondary N) is 1. The summed E-state index contributed by atoms with van der Waals surface area (Å²) in [5.74, 6) is 2.04. The average Bonchev–Trinajstić information content (AvgIpc) is 3.36. The Bertz CT molecular complexity index is 1400. The summed E-state index contributed by atoms with van der Waals surface area (Å²) in [5, 5.41) is 3.58. The van der Waals surface area contributed by atoms with Crippen LogP contribution in [0.3, 0.4) is 0 Å². The second-order valence-electron chi connectivity index (χ2n) is 17.2. The van der Waals surface area contributed by atoms with Crippen molar-refractivity contribution in [2.75, 3.05) is 13.7 Å². The lowest BCUT2D eigenvalue weighted by Gasteiger charge is -2.72. The molecule has 6 heteroatoms. The average molecular weight is 640 g/mol. The van der Waals surface area contributed by atoms with Gasteiger partial charge in [0.15, 0.2) is 0 Å². The fourth-order valence-corrected chi connectivity index (χ4v) is 12.9. The number of hydrogen-bond acceptors (Lipinski definition) is 3. The number of alkyl halides is 3. The Labute approximate surface area is 275 Å². The number of allylic oxidation sites excluding steroid dienone is 3. The Morgan fingerprint density at radius 3 is 2.26 bits per heavy atom. The topological polar surface area (TPSA) is 38.3 Å². The van der Waals surface area contributed by atoms with E-state index < -0.39 is 12.6 Å². The van der Waals surface area contributed by atoms with Crippen molar-refractivity contribution in [1.29, 1.82) is 0 Å². The van der Waals surface area contributed by atoms with Crippen molar-refractivity contribution in [2.24, 2.45) is 51.2 Å². The molecule has 4 saturated carbocycles. The lowest BCUT2D eigenvalue weighted by molar-refractivity contribution is -0.219. The molecule has 0 aromatic heterocycles. The highest BCUT2D eigenvalue weighted by molar-refractivity contribution is 5.89. The summed E-state index contributed by atoms with van der Waals surface area (Å²) in [7, 11) is 1.42. The van der Waals surface area contributed by atoms with Gasteiger partial charge in [-0.05, 0) is 139 Å². The van der Waals surface area contributed by atoms with Crippen LogP contribution in [0.1, 0.15) is 122 Å². The standard InChI is InChI=1S/C40H56F3NO2/c1-25(2)28-15-20-39(44-24-23-40(41,42)43)22-21-37(6)30(33(28)39)13-14-32-36(5)18-16-29(26-9-11-27(12-10-26)34(45)46-8)35(3,4)31(36)17-19-38(32,37)7/h9-12,16,28,30-33,44H,1,13-15,17-24H2,2-8H3/t28-,30+,31-,32+,33+,36-,37+,38+,39-/m0/s1. The largest absolute Gasteiger partial charge is 0.465 e. The molecule has 5 aliphatic rings. The molecule has 0 heterocycles. The van der Waals surface area contributed by atoms with Crippen molar-refractivity contribution in [2.45, 2.75) is 117 Å². The summed E-state index contributed by atoms with van der Waals surface area (Å²) < 4.78 is 44.7. The van der Waals surface area contributed by atoms with Crippen molar-refractivity contribution >= 4 is 11.5 Å². The van der Waals surface area contributed by atoms with Gasteiger partial charge >= 0.3 is 12.1 Å². The van der Waals surface area contributed by atoms with Gasteiger partial charge < -0.3 is 10.1 Å². The molecule has 0 amide bonds. The molecular formula is C40H56F3NO2. The van der Waals surface area contributed by atoms with E-state index in [1.54, 1.807) is 0 Å². The number of rotatable bonds is 6. The van der Waals surface area contributed by atoms with E-state index in [1.165, 1.54) is 43.1 Å². The van der Waals surface area contributed by atoms with Crippen LogP contribution in [0.5, 0.6) is 0 Å². The Hall–Kier alpha value is -2.08. The Morgan fingerprint density at radius 1 is 0.935 bits per heavy atom. The highest BCUT2D eigenvalue weighted by Gasteiger charge is 2.70. The smallest absolute Gasteiger partial charge is 0.390 e. The first kappa shape index (κ1) is 33.8. The summed E-state index contributed by atoms with van der Waals surface area (Å²) in [4.78, 5) is 12.1. The normalized spacial score (nSPS) is 41.3. The van der Waals surface area contributed by atoms with Crippen molar-refractivity contribution in [3.8, 4) is 0 Å². The fourth-order valence-electron chi connectivity index (χ4n) is 12.9. The number of ether oxygens (including phenoxy) is 1. The van der Waals surface area contributed by atoms with Crippen LogP contribution >= 0.6 is 0 Å². The first-order valence-electron chi connectivity index (χ1n) is 17.8. The second-order valence-corrected chi connectivity index (χ2v) is 17.2. The van der Waals surface area contributed by atoms with E-state index in [9.17, 15) is 18.0 Å². The van der Waals surface area contributed by atoms with E-state index >= 15 is 0 Å². The number of carbonyl (C=O) groups excluding carboxylic acids is 1. The Kier molecular flexibility index (Phi) is 8.26. The molecule has 9 atom stereocenters. The Balaban J connectivity index is 1.31. The number of fused-ring (bicyclic) bond motifs is 7. The number of methoxy groups -OCH3 is 1. The number of esters is 1. The molecule has 3 nitrogen and oxygen atoms in total. The van der Waals surface area contributed by atoms with Crippen molar-refractivity contribution < 1.29 is 22.7 Å². The van der Waals surface area contributed by atoms with Gasteiger partial charge in [-0.2, -0.15) is 13.2 Å². The number of benzene rings is 1. The summed E-state index contributed by atoms with van der Waals surface area (Å²) in [6.45, 7) is 19.2. The lowest BCUT2D eigenvalue weighted by atomic mass is 9.33. The van der Waals surface area contributed by atoms with Crippen LogP contribution in [-0.4, -0.2) is 31.3 Å². The predicted octanol–water partition coefficient (Wildman–Crippen LogP) is 10.4. The molecule has 0 radical (unpaired) electrons. The van der Waals surface area contributed by atoms with Crippen molar-refractivity contribution in [1.82, 2.24) is 5.32 Å². The zero-order valence-corrected chi connectivity index (χ0v) is 29.2. The van der Waals surface area contributed by atoms with E-state index in [4.69, 9.17) is 4.74 Å². The maximum atomic E-state index is 13.3. The van der Waals surface area contributed by atoms with Gasteiger partial charge in [0.1, 0.15) is 0 Å². The molecule has 0 saturated heterocycles. The monoisotopic (exact) mass is 639 g/mol. The third-order valence-corrected chi connectivity index (χ3v) is 15.1. The molecule has 0 spiro atoms. The van der Waals surface area contributed by atoms with E-state index in [2.05, 4.69) is 71.6 Å². The van der Waals surface area contributed by atoms with Gasteiger partial charge in [0.05, 0.1) is 19.1 Å². The molecule has 1 aromatic rings. The molecule has 6 rings (SSSR count). The molecule has 0 aliphatic heterocycles. The molecular weight excluding hydrogens is 583 g/mol. The van der Waals surface area contributed by atoms with E-state index in [-0.39, 0.29) is 39.7 Å². The summed E-state index contributed by atoms with van der Waals surface area (Å²) in [6, 6.07) is 7.93. The van der Waals surface area contributed by atoms with Crippen LogP contribution < -0.4 is 5.32 Å². The number of halogens is 3. The quantitative estimate of drug-likeness (QED) is 0.249. The number of carbonyl (C=O) groups is 1. The SMILES string of the molecule is C=C(C)[C@@H]1CC[C@]2(NCCC(F)(F)F)CC[C@]3(C)[C@H](CC[C@@H]4[C@@]5(C)CC=C(c6ccc(C(=O)OC)cc6)C(C)(C)[C@@H]5CC[C@]43C)[C@@H]12. The highest BCUT2D eigenvalue weighted by atomic mass is 19.4. The van der Waals surface area contributed by atoms with Gasteiger partial charge in [0, 0.05) is 12.1 Å². The zero-order chi connectivity index (χ0) is 33.5. The minimum Gasteiger partial charge on any atom is -0.465 e. The fraction of sp³-hybridized carbons (Fsp3) is 0.725. The van der Waals surface area contributed by atoms with Gasteiger partial charge in [-0.1, -0.05) is 65.0 Å². The van der Waals surface area contributed by atoms with E-state index in [0.717, 1.165) is 38.5 Å². The third-order valence-electron chi connectivity index (χ3n) is 15.1. The van der Waals surface area contributed by atoms with Crippen LogP contribution in [0, 0.1) is 51.2 Å². The third kappa shape index (κ3) is 4.96.